The molecular formula is C27H24ClN3O4S. The smallest absolute Gasteiger partial charge is 0.338 e. The van der Waals surface area contributed by atoms with Gasteiger partial charge in [0.15, 0.2) is 4.80 Å². The molecule has 0 fully saturated rings. The molecule has 0 saturated heterocycles. The average Bonchev–Trinajstić information content (AvgIpc) is 3.34. The molecule has 0 unspecified atom stereocenters. The quantitative estimate of drug-likeness (QED) is 0.481. The number of halogens is 1. The molecule has 2 aromatic carbocycles. The first-order valence-electron chi connectivity index (χ1n) is 11.7. The minimum absolute atomic E-state index is 0.193. The third kappa shape index (κ3) is 3.81. The third-order valence-electron chi connectivity index (χ3n) is 6.47. The Morgan fingerprint density at radius 1 is 1.14 bits per heavy atom. The van der Waals surface area contributed by atoms with Gasteiger partial charge in [-0.3, -0.25) is 14.2 Å². The molecule has 1 aromatic heterocycles. The first kappa shape index (κ1) is 24.2. The molecule has 184 valence electrons. The zero-order valence-electron chi connectivity index (χ0n) is 20.1. The Labute approximate surface area is 216 Å². The van der Waals surface area contributed by atoms with Crippen LogP contribution in [-0.4, -0.2) is 30.1 Å². The molecule has 0 bridgehead atoms. The van der Waals surface area contributed by atoms with Crippen LogP contribution in [0.1, 0.15) is 43.9 Å². The van der Waals surface area contributed by atoms with Crippen molar-refractivity contribution in [3.05, 3.63) is 95.6 Å². The van der Waals surface area contributed by atoms with Crippen molar-refractivity contribution in [1.29, 1.82) is 0 Å². The van der Waals surface area contributed by atoms with Crippen LogP contribution >= 0.6 is 22.9 Å². The van der Waals surface area contributed by atoms with Crippen LogP contribution in [0.4, 0.5) is 5.69 Å². The van der Waals surface area contributed by atoms with Gasteiger partial charge in [-0.2, -0.15) is 0 Å². The van der Waals surface area contributed by atoms with Crippen LogP contribution in [0.3, 0.4) is 0 Å². The number of ether oxygens (including phenoxy) is 1. The summed E-state index contributed by atoms with van der Waals surface area (Å²) >= 11 is 7.27. The Morgan fingerprint density at radius 2 is 1.86 bits per heavy atom. The third-order valence-corrected chi connectivity index (χ3v) is 7.78. The average molecular weight is 522 g/mol. The van der Waals surface area contributed by atoms with E-state index in [1.165, 1.54) is 23.0 Å². The Balaban J connectivity index is 1.80. The van der Waals surface area contributed by atoms with Crippen molar-refractivity contribution in [2.45, 2.75) is 32.7 Å². The minimum Gasteiger partial charge on any atom is -0.466 e. The van der Waals surface area contributed by atoms with Gasteiger partial charge in [-0.15, -0.1) is 0 Å². The second kappa shape index (κ2) is 9.52. The summed E-state index contributed by atoms with van der Waals surface area (Å²) in [5, 5.41) is 0.536. The molecule has 3 aromatic rings. The first-order valence-corrected chi connectivity index (χ1v) is 12.9. The molecule has 0 N–H and O–H groups in total. The number of amides is 1. The van der Waals surface area contributed by atoms with Gasteiger partial charge >= 0.3 is 5.97 Å². The highest BCUT2D eigenvalue weighted by Gasteiger charge is 2.37. The highest BCUT2D eigenvalue weighted by molar-refractivity contribution is 7.07. The summed E-state index contributed by atoms with van der Waals surface area (Å²) in [6, 6.07) is 13.7. The number of carbonyl (C=O) groups excluding carboxylic acids is 2. The molecule has 9 heteroatoms. The molecule has 2 aliphatic rings. The number of nitrogens with zero attached hydrogens (tertiary/aromatic N) is 3. The summed E-state index contributed by atoms with van der Waals surface area (Å²) in [5.41, 5.74) is 2.96. The number of fused-ring (bicyclic) bond motifs is 2. The number of anilines is 1. The number of carbonyl (C=O) groups is 2. The van der Waals surface area contributed by atoms with Crippen molar-refractivity contribution in [3.8, 4) is 0 Å². The lowest BCUT2D eigenvalue weighted by Crippen LogP contribution is -2.40. The zero-order valence-corrected chi connectivity index (χ0v) is 21.7. The van der Waals surface area contributed by atoms with E-state index in [1.807, 2.05) is 24.3 Å². The number of thiazole rings is 1. The van der Waals surface area contributed by atoms with Crippen LogP contribution in [0.25, 0.3) is 5.57 Å². The van der Waals surface area contributed by atoms with Crippen LogP contribution in [0.2, 0.25) is 5.02 Å². The Kier molecular flexibility index (Phi) is 6.40. The van der Waals surface area contributed by atoms with E-state index in [2.05, 4.69) is 11.9 Å². The van der Waals surface area contributed by atoms with E-state index < -0.39 is 12.0 Å². The van der Waals surface area contributed by atoms with Crippen molar-refractivity contribution in [1.82, 2.24) is 4.57 Å². The monoisotopic (exact) mass is 521 g/mol. The number of methoxy groups -OCH3 is 1. The maximum Gasteiger partial charge on any atom is 0.338 e. The van der Waals surface area contributed by atoms with Gasteiger partial charge in [-0.05, 0) is 37.1 Å². The van der Waals surface area contributed by atoms with Crippen LogP contribution in [0.15, 0.2) is 69.6 Å². The van der Waals surface area contributed by atoms with Gasteiger partial charge in [-0.1, -0.05) is 66.6 Å². The molecule has 0 saturated carbocycles. The van der Waals surface area contributed by atoms with Crippen molar-refractivity contribution < 1.29 is 14.3 Å². The molecule has 7 nitrogen and oxygen atoms in total. The maximum atomic E-state index is 14.0. The predicted octanol–water partition coefficient (Wildman–Crippen LogP) is 3.58. The van der Waals surface area contributed by atoms with Gasteiger partial charge in [0.1, 0.15) is 4.53 Å². The summed E-state index contributed by atoms with van der Waals surface area (Å²) in [5.74, 6) is -0.760. The standard InChI is InChI=1S/C27H24ClN3O4S/c1-4-5-14-30-19-9-7-6-8-18(19)21(24(30)32)23-25(33)31-22(16-10-12-17(28)13-11-16)20(26(34)35-3)15(2)29-27(31)36-23/h6-13,22H,4-5,14H2,1-3H3/b23-21+/t22-/m0/s1. The number of benzene rings is 2. The Morgan fingerprint density at radius 3 is 2.56 bits per heavy atom. The summed E-state index contributed by atoms with van der Waals surface area (Å²) in [6.07, 6.45) is 1.80. The largest absolute Gasteiger partial charge is 0.466 e. The number of hydrogen-bond acceptors (Lipinski definition) is 6. The summed E-state index contributed by atoms with van der Waals surface area (Å²) in [6.45, 7) is 4.37. The SMILES string of the molecule is CCCCN1C(=O)/C(=c2/sc3n(c2=O)[C@@H](c2ccc(Cl)cc2)C(C(=O)OC)=C(C)N=3)c2ccccc21. The molecule has 0 radical (unpaired) electrons. The molecule has 5 rings (SSSR count). The van der Waals surface area contributed by atoms with Gasteiger partial charge in [-0.25, -0.2) is 9.79 Å². The van der Waals surface area contributed by atoms with Crippen molar-refractivity contribution in [2.75, 3.05) is 18.6 Å². The molecule has 36 heavy (non-hydrogen) atoms. The molecule has 0 spiro atoms. The van der Waals surface area contributed by atoms with E-state index in [0.29, 0.717) is 37.7 Å². The minimum atomic E-state index is -0.761. The van der Waals surface area contributed by atoms with E-state index in [9.17, 15) is 14.4 Å². The number of unbranched alkanes of at least 4 members (excludes halogenated alkanes) is 1. The molecule has 1 atom stereocenters. The van der Waals surface area contributed by atoms with Crippen molar-refractivity contribution in [2.24, 2.45) is 4.99 Å². The summed E-state index contributed by atoms with van der Waals surface area (Å²) in [7, 11) is 1.30. The molecule has 2 aliphatic heterocycles. The molecule has 1 amide bonds. The molecule has 0 aliphatic carbocycles. The lowest BCUT2D eigenvalue weighted by atomic mass is 9.96. The van der Waals surface area contributed by atoms with Crippen LogP contribution in [-0.2, 0) is 14.3 Å². The lowest BCUT2D eigenvalue weighted by Gasteiger charge is -2.24. The van der Waals surface area contributed by atoms with E-state index in [1.54, 1.807) is 36.1 Å². The Hall–Kier alpha value is -3.49. The second-order valence-electron chi connectivity index (χ2n) is 8.65. The fourth-order valence-corrected chi connectivity index (χ4v) is 6.00. The van der Waals surface area contributed by atoms with Crippen LogP contribution in [0.5, 0.6) is 0 Å². The Bertz CT molecular complexity index is 1600. The summed E-state index contributed by atoms with van der Waals surface area (Å²) < 4.78 is 6.85. The normalized spacial score (nSPS) is 18.2. The topological polar surface area (TPSA) is 81.0 Å². The van der Waals surface area contributed by atoms with E-state index in [4.69, 9.17) is 16.3 Å². The van der Waals surface area contributed by atoms with Gasteiger partial charge in [0.25, 0.3) is 11.5 Å². The fraction of sp³-hybridized carbons (Fsp3) is 0.259. The maximum absolute atomic E-state index is 14.0. The van der Waals surface area contributed by atoms with E-state index in [0.717, 1.165) is 24.1 Å². The van der Waals surface area contributed by atoms with Crippen molar-refractivity contribution in [3.63, 3.8) is 0 Å². The first-order chi connectivity index (χ1) is 17.4. The van der Waals surface area contributed by atoms with E-state index >= 15 is 0 Å². The number of esters is 1. The van der Waals surface area contributed by atoms with Gasteiger partial charge in [0.05, 0.1) is 35.7 Å². The second-order valence-corrected chi connectivity index (χ2v) is 10.1. The van der Waals surface area contributed by atoms with Crippen LogP contribution in [0, 0.1) is 0 Å². The number of aromatic nitrogens is 1. The fourth-order valence-electron chi connectivity index (χ4n) is 4.74. The highest BCUT2D eigenvalue weighted by Crippen LogP contribution is 2.36. The number of hydrogen-bond donors (Lipinski definition) is 0. The number of rotatable bonds is 5. The molecular weight excluding hydrogens is 498 g/mol. The van der Waals surface area contributed by atoms with Gasteiger partial charge in [0, 0.05) is 17.1 Å². The van der Waals surface area contributed by atoms with Crippen LogP contribution < -0.4 is 19.8 Å². The van der Waals surface area contributed by atoms with Gasteiger partial charge < -0.3 is 9.64 Å². The molecule has 3 heterocycles. The van der Waals surface area contributed by atoms with Gasteiger partial charge in [0.2, 0.25) is 0 Å². The number of allylic oxidation sites excluding steroid dienone is 1. The highest BCUT2D eigenvalue weighted by atomic mass is 35.5. The summed E-state index contributed by atoms with van der Waals surface area (Å²) in [4.78, 5) is 47.2. The zero-order chi connectivity index (χ0) is 25.6. The number of para-hydroxylation sites is 1. The predicted molar refractivity (Wildman–Crippen MR) is 140 cm³/mol. The van der Waals surface area contributed by atoms with Crippen molar-refractivity contribution >= 4 is 46.1 Å². The van der Waals surface area contributed by atoms with E-state index in [-0.39, 0.29) is 17.0 Å². The lowest BCUT2D eigenvalue weighted by molar-refractivity contribution is -0.136.